The van der Waals surface area contributed by atoms with Gasteiger partial charge in [-0.05, 0) is 52.3 Å². The van der Waals surface area contributed by atoms with Crippen LogP contribution in [0, 0.1) is 20.8 Å². The number of nitrogens with zero attached hydrogens (tertiary/aromatic N) is 5. The molecule has 4 heterocycles. The lowest BCUT2D eigenvalue weighted by Gasteiger charge is -2.35. The van der Waals surface area contributed by atoms with E-state index in [0.29, 0.717) is 5.82 Å². The summed E-state index contributed by atoms with van der Waals surface area (Å²) in [5.74, 6) is 2.40. The quantitative estimate of drug-likeness (QED) is 0.696. The van der Waals surface area contributed by atoms with Gasteiger partial charge >= 0.3 is 0 Å². The predicted octanol–water partition coefficient (Wildman–Crippen LogP) is 4.22. The van der Waals surface area contributed by atoms with Gasteiger partial charge in [-0.2, -0.15) is 0 Å². The Kier molecular flexibility index (Phi) is 5.58. The molecule has 1 atom stereocenters. The third kappa shape index (κ3) is 4.00. The van der Waals surface area contributed by atoms with Crippen LogP contribution >= 0.6 is 0 Å². The smallest absolute Gasteiger partial charge is 0.165 e. The maximum atomic E-state index is 5.35. The maximum absolute atomic E-state index is 5.35. The van der Waals surface area contributed by atoms with Crippen LogP contribution in [0.1, 0.15) is 53.7 Å². The van der Waals surface area contributed by atoms with Gasteiger partial charge in [-0.15, -0.1) is 0 Å². The van der Waals surface area contributed by atoms with Crippen LogP contribution in [0.3, 0.4) is 0 Å². The average Bonchev–Trinajstić information content (AvgIpc) is 3.06. The van der Waals surface area contributed by atoms with E-state index in [1.54, 1.807) is 0 Å². The van der Waals surface area contributed by atoms with Crippen molar-refractivity contribution in [2.75, 3.05) is 18.9 Å². The van der Waals surface area contributed by atoms with Crippen molar-refractivity contribution in [1.82, 2.24) is 25.0 Å². The lowest BCUT2D eigenvalue weighted by Crippen LogP contribution is -2.34. The van der Waals surface area contributed by atoms with Gasteiger partial charge in [0.2, 0.25) is 0 Å². The summed E-state index contributed by atoms with van der Waals surface area (Å²) < 4.78 is 5.35. The summed E-state index contributed by atoms with van der Waals surface area (Å²) in [6, 6.07) is 6.52. The van der Waals surface area contributed by atoms with Gasteiger partial charge in [0.15, 0.2) is 5.82 Å². The molecule has 1 fully saturated rings. The molecule has 7 heteroatoms. The summed E-state index contributed by atoms with van der Waals surface area (Å²) in [6.07, 6.45) is 5.32. The van der Waals surface area contributed by atoms with E-state index in [1.165, 1.54) is 18.4 Å². The molecule has 0 bridgehead atoms. The summed E-state index contributed by atoms with van der Waals surface area (Å²) in [5.41, 5.74) is 4.98. The van der Waals surface area contributed by atoms with Crippen molar-refractivity contribution >= 4 is 5.82 Å². The van der Waals surface area contributed by atoms with E-state index in [2.05, 4.69) is 37.5 Å². The maximum Gasteiger partial charge on any atom is 0.165 e. The molecule has 4 rings (SSSR count). The fourth-order valence-corrected chi connectivity index (χ4v) is 4.20. The van der Waals surface area contributed by atoms with Gasteiger partial charge in [0, 0.05) is 31.0 Å². The first-order valence-electron chi connectivity index (χ1n) is 10.2. The molecule has 0 radical (unpaired) electrons. The summed E-state index contributed by atoms with van der Waals surface area (Å²) in [7, 11) is 1.92. The summed E-state index contributed by atoms with van der Waals surface area (Å²) in [5, 5.41) is 7.28. The molecule has 0 aliphatic carbocycles. The minimum atomic E-state index is 0.259. The molecule has 3 aromatic rings. The van der Waals surface area contributed by atoms with E-state index >= 15 is 0 Å². The third-order valence-electron chi connectivity index (χ3n) is 5.59. The first kappa shape index (κ1) is 19.5. The Labute approximate surface area is 171 Å². The van der Waals surface area contributed by atoms with Gasteiger partial charge in [0.05, 0.1) is 23.0 Å². The molecule has 1 aliphatic rings. The zero-order valence-corrected chi connectivity index (χ0v) is 17.6. The predicted molar refractivity (Wildman–Crippen MR) is 113 cm³/mol. The number of likely N-dealkylation sites (tertiary alicyclic amines) is 1. The molecule has 0 aromatic carbocycles. The minimum absolute atomic E-state index is 0.259. The normalized spacial score (nSPS) is 17.4. The highest BCUT2D eigenvalue weighted by molar-refractivity contribution is 5.60. The highest BCUT2D eigenvalue weighted by Gasteiger charge is 2.27. The molecular weight excluding hydrogens is 364 g/mol. The Hall–Kier alpha value is -2.80. The molecule has 7 nitrogen and oxygen atoms in total. The summed E-state index contributed by atoms with van der Waals surface area (Å²) in [6.45, 7) is 7.77. The molecule has 0 spiro atoms. The number of hydrogen-bond donors (Lipinski definition) is 1. The van der Waals surface area contributed by atoms with Crippen molar-refractivity contribution in [2.45, 2.75) is 52.6 Å². The Bertz CT molecular complexity index is 979. The van der Waals surface area contributed by atoms with E-state index in [1.807, 2.05) is 40.1 Å². The summed E-state index contributed by atoms with van der Waals surface area (Å²) in [4.78, 5) is 16.6. The van der Waals surface area contributed by atoms with Gasteiger partial charge in [-0.3, -0.25) is 4.90 Å². The minimum Gasteiger partial charge on any atom is -0.373 e. The van der Waals surface area contributed by atoms with Crippen LogP contribution in [0.5, 0.6) is 0 Å². The van der Waals surface area contributed by atoms with Crippen molar-refractivity contribution in [3.05, 3.63) is 52.8 Å². The lowest BCUT2D eigenvalue weighted by atomic mass is 9.97. The standard InChI is InChI=1S/C22H28N6O/c1-14-12-18(26-22(25-14)20-15(2)27-29-16(20)3)19-9-5-6-11-28(19)13-17-8-7-10-24-21(17)23-4/h7-8,10,12,19H,5-6,9,11,13H2,1-4H3,(H,23,24)/t19-/m1/s1. The van der Waals surface area contributed by atoms with Crippen LogP contribution in [0.15, 0.2) is 28.9 Å². The molecule has 0 unspecified atom stereocenters. The number of nitrogens with one attached hydrogen (secondary N) is 1. The van der Waals surface area contributed by atoms with Gasteiger partial charge in [0.1, 0.15) is 11.6 Å². The highest BCUT2D eigenvalue weighted by Crippen LogP contribution is 2.34. The second-order valence-corrected chi connectivity index (χ2v) is 7.70. The average molecular weight is 393 g/mol. The second-order valence-electron chi connectivity index (χ2n) is 7.70. The van der Waals surface area contributed by atoms with Gasteiger partial charge < -0.3 is 9.84 Å². The van der Waals surface area contributed by atoms with Crippen LogP contribution in [-0.4, -0.2) is 38.6 Å². The second kappa shape index (κ2) is 8.29. The van der Waals surface area contributed by atoms with Crippen molar-refractivity contribution in [3.8, 4) is 11.4 Å². The van der Waals surface area contributed by atoms with Gasteiger partial charge in [0.25, 0.3) is 0 Å². The van der Waals surface area contributed by atoms with E-state index in [0.717, 1.165) is 53.7 Å². The zero-order chi connectivity index (χ0) is 20.4. The number of piperidine rings is 1. The Morgan fingerprint density at radius 1 is 1.21 bits per heavy atom. The van der Waals surface area contributed by atoms with Crippen LogP contribution in [-0.2, 0) is 6.54 Å². The van der Waals surface area contributed by atoms with Crippen LogP contribution in [0.25, 0.3) is 11.4 Å². The molecule has 152 valence electrons. The van der Waals surface area contributed by atoms with Crippen molar-refractivity contribution in [3.63, 3.8) is 0 Å². The van der Waals surface area contributed by atoms with Crippen molar-refractivity contribution in [2.24, 2.45) is 0 Å². The molecule has 1 N–H and O–H groups in total. The first-order chi connectivity index (χ1) is 14.1. The van der Waals surface area contributed by atoms with Crippen LogP contribution < -0.4 is 5.32 Å². The van der Waals surface area contributed by atoms with Crippen molar-refractivity contribution < 1.29 is 4.52 Å². The van der Waals surface area contributed by atoms with E-state index in [4.69, 9.17) is 9.51 Å². The van der Waals surface area contributed by atoms with E-state index in [-0.39, 0.29) is 6.04 Å². The van der Waals surface area contributed by atoms with Gasteiger partial charge in [-0.1, -0.05) is 17.6 Å². The molecule has 1 aliphatic heterocycles. The van der Waals surface area contributed by atoms with Crippen LogP contribution in [0.2, 0.25) is 0 Å². The zero-order valence-electron chi connectivity index (χ0n) is 17.6. The fourth-order valence-electron chi connectivity index (χ4n) is 4.20. The topological polar surface area (TPSA) is 80.0 Å². The SMILES string of the molecule is CNc1ncccc1CN1CCCC[C@@H]1c1cc(C)nc(-c2c(C)noc2C)n1. The molecule has 3 aromatic heterocycles. The fraction of sp³-hybridized carbons (Fsp3) is 0.455. The first-order valence-corrected chi connectivity index (χ1v) is 10.2. The number of rotatable bonds is 5. The summed E-state index contributed by atoms with van der Waals surface area (Å²) >= 11 is 0. The van der Waals surface area contributed by atoms with Crippen molar-refractivity contribution in [1.29, 1.82) is 0 Å². The highest BCUT2D eigenvalue weighted by atomic mass is 16.5. The Morgan fingerprint density at radius 2 is 2.07 bits per heavy atom. The molecule has 1 saturated heterocycles. The number of aryl methyl sites for hydroxylation is 3. The largest absolute Gasteiger partial charge is 0.373 e. The molecule has 0 saturated carbocycles. The number of aromatic nitrogens is 4. The third-order valence-corrected chi connectivity index (χ3v) is 5.59. The van der Waals surface area contributed by atoms with Crippen LogP contribution in [0.4, 0.5) is 5.82 Å². The Balaban J connectivity index is 1.68. The molecule has 29 heavy (non-hydrogen) atoms. The number of pyridine rings is 1. The molecular formula is C22H28N6O. The monoisotopic (exact) mass is 392 g/mol. The molecule has 0 amide bonds. The number of hydrogen-bond acceptors (Lipinski definition) is 7. The van der Waals surface area contributed by atoms with Gasteiger partial charge in [-0.25, -0.2) is 15.0 Å². The Morgan fingerprint density at radius 3 is 2.83 bits per heavy atom. The number of anilines is 1. The van der Waals surface area contributed by atoms with E-state index in [9.17, 15) is 0 Å². The van der Waals surface area contributed by atoms with E-state index < -0.39 is 0 Å². The lowest BCUT2D eigenvalue weighted by molar-refractivity contribution is 0.137.